The highest BCUT2D eigenvalue weighted by molar-refractivity contribution is 8.00. The second-order valence-corrected chi connectivity index (χ2v) is 12.6. The van der Waals surface area contributed by atoms with Crippen LogP contribution >= 0.6 is 11.9 Å². The number of methoxy groups -OCH3 is 1. The van der Waals surface area contributed by atoms with Gasteiger partial charge < -0.3 is 18.9 Å². The average molecular weight is 706 g/mol. The number of aryl methyl sites for hydroxylation is 3. The van der Waals surface area contributed by atoms with Crippen molar-refractivity contribution in [3.05, 3.63) is 92.4 Å². The van der Waals surface area contributed by atoms with Crippen molar-refractivity contribution in [2.45, 2.75) is 78.7 Å². The van der Waals surface area contributed by atoms with Crippen molar-refractivity contribution in [3.63, 3.8) is 0 Å². The highest BCUT2D eigenvalue weighted by Crippen LogP contribution is 2.37. The maximum atomic E-state index is 14.0. The van der Waals surface area contributed by atoms with E-state index in [9.17, 15) is 19.6 Å². The number of esters is 1. The molecule has 1 saturated heterocycles. The van der Waals surface area contributed by atoms with E-state index < -0.39 is 5.97 Å². The van der Waals surface area contributed by atoms with Gasteiger partial charge in [-0.2, -0.15) is 4.47 Å². The Kier molecular flexibility index (Phi) is 13.8. The summed E-state index contributed by atoms with van der Waals surface area (Å²) in [6.07, 6.45) is 2.32. The smallest absolute Gasteiger partial charge is 0.338 e. The van der Waals surface area contributed by atoms with Crippen LogP contribution in [-0.4, -0.2) is 70.1 Å². The molecule has 1 aliphatic heterocycles. The van der Waals surface area contributed by atoms with E-state index in [1.165, 1.54) is 7.11 Å². The van der Waals surface area contributed by atoms with Gasteiger partial charge in [-0.3, -0.25) is 19.4 Å². The van der Waals surface area contributed by atoms with Gasteiger partial charge in [0.1, 0.15) is 11.6 Å². The van der Waals surface area contributed by atoms with Crippen molar-refractivity contribution in [2.24, 2.45) is 0 Å². The van der Waals surface area contributed by atoms with E-state index in [-0.39, 0.29) is 30.2 Å². The Hall–Kier alpha value is -4.46. The minimum atomic E-state index is -0.548. The number of amides is 1. The van der Waals surface area contributed by atoms with Crippen molar-refractivity contribution in [1.82, 2.24) is 19.6 Å². The Morgan fingerprint density at radius 2 is 1.78 bits per heavy atom. The number of hydrogen-bond acceptors (Lipinski definition) is 11. The van der Waals surface area contributed by atoms with Gasteiger partial charge in [0.25, 0.3) is 5.56 Å². The van der Waals surface area contributed by atoms with Gasteiger partial charge in [-0.25, -0.2) is 9.78 Å². The normalized spacial score (nSPS) is 12.7. The average Bonchev–Trinajstić information content (AvgIpc) is 3.48. The Morgan fingerprint density at radius 1 is 1.06 bits per heavy atom. The number of aromatic nitrogens is 3. The second kappa shape index (κ2) is 18.0. The topological polar surface area (TPSA) is 140 Å². The Balaban J connectivity index is 0.00000276. The van der Waals surface area contributed by atoms with E-state index in [0.717, 1.165) is 29.3 Å². The highest BCUT2D eigenvalue weighted by Gasteiger charge is 2.24. The molecule has 50 heavy (non-hydrogen) atoms. The molecule has 5 rings (SSSR count). The molecule has 12 nitrogen and oxygen atoms in total. The quantitative estimate of drug-likeness (QED) is 0.100. The number of morpholine rings is 1. The molecule has 268 valence electrons. The first-order chi connectivity index (χ1) is 24.1. The van der Waals surface area contributed by atoms with Crippen LogP contribution in [0.3, 0.4) is 0 Å². The lowest BCUT2D eigenvalue weighted by molar-refractivity contribution is -0.134. The van der Waals surface area contributed by atoms with Gasteiger partial charge in [-0.05, 0) is 56.0 Å². The maximum Gasteiger partial charge on any atom is 0.338 e. The summed E-state index contributed by atoms with van der Waals surface area (Å²) in [5.41, 5.74) is 3.63. The van der Waals surface area contributed by atoms with Crippen LogP contribution in [0.4, 0.5) is 5.82 Å². The van der Waals surface area contributed by atoms with Crippen LogP contribution in [0.5, 0.6) is 0 Å². The van der Waals surface area contributed by atoms with E-state index in [4.69, 9.17) is 19.0 Å². The van der Waals surface area contributed by atoms with Gasteiger partial charge in [0.15, 0.2) is 0 Å². The Bertz CT molecular complexity index is 1850. The largest absolute Gasteiger partial charge is 0.465 e. The fourth-order valence-electron chi connectivity index (χ4n) is 5.60. The van der Waals surface area contributed by atoms with E-state index >= 15 is 0 Å². The molecule has 0 atom stereocenters. The number of benzene rings is 2. The molecule has 1 fully saturated rings. The third-order valence-electron chi connectivity index (χ3n) is 8.50. The summed E-state index contributed by atoms with van der Waals surface area (Å²) < 4.78 is 18.3. The fraction of sp³-hybridized carbons (Fsp3) is 0.432. The zero-order chi connectivity index (χ0) is 36.4. The predicted octanol–water partition coefficient (Wildman–Crippen LogP) is 6.33. The van der Waals surface area contributed by atoms with Gasteiger partial charge in [0, 0.05) is 53.2 Å². The van der Waals surface area contributed by atoms with Crippen molar-refractivity contribution in [2.75, 3.05) is 37.9 Å². The molecule has 1 amide bonds. The second-order valence-electron chi connectivity index (χ2n) is 11.7. The van der Waals surface area contributed by atoms with Crippen molar-refractivity contribution in [1.29, 1.82) is 0 Å². The van der Waals surface area contributed by atoms with Crippen molar-refractivity contribution in [3.8, 4) is 11.1 Å². The van der Waals surface area contributed by atoms with E-state index in [1.807, 2.05) is 50.2 Å². The molecular weight excluding hydrogens is 659 g/mol. The van der Waals surface area contributed by atoms with Crippen LogP contribution in [0.25, 0.3) is 11.1 Å². The molecule has 1 N–H and O–H groups in total. The highest BCUT2D eigenvalue weighted by atomic mass is 32.2. The molecule has 2 aromatic carbocycles. The van der Waals surface area contributed by atoms with E-state index in [1.54, 1.807) is 36.3 Å². The number of unbranched alkanes of at least 4 members (excludes halogenated alkanes) is 1. The van der Waals surface area contributed by atoms with E-state index in [2.05, 4.69) is 12.1 Å². The lowest BCUT2D eigenvalue weighted by Gasteiger charge is -2.27. The molecule has 1 aliphatic rings. The van der Waals surface area contributed by atoms with Gasteiger partial charge in [-0.1, -0.05) is 62.7 Å². The lowest BCUT2D eigenvalue weighted by atomic mass is 9.97. The summed E-state index contributed by atoms with van der Waals surface area (Å²) in [6, 6.07) is 12.8. The molecular formula is C37H47N5O7S. The molecule has 0 aliphatic carbocycles. The molecule has 0 radical (unpaired) electrons. The maximum absolute atomic E-state index is 14.0. The number of ether oxygens (including phenoxy) is 2. The number of anilines is 1. The van der Waals surface area contributed by atoms with Gasteiger partial charge in [0.05, 0.1) is 38.9 Å². The van der Waals surface area contributed by atoms with Crippen molar-refractivity contribution < 1.29 is 28.8 Å². The molecule has 2 aromatic heterocycles. The first-order valence-electron chi connectivity index (χ1n) is 17.0. The summed E-state index contributed by atoms with van der Waals surface area (Å²) in [7, 11) is 1.32. The van der Waals surface area contributed by atoms with Gasteiger partial charge >= 0.3 is 5.97 Å². The number of nitrogens with zero attached hydrogens (tertiary/aromatic N) is 5. The summed E-state index contributed by atoms with van der Waals surface area (Å²) in [6.45, 7) is 13.5. The molecule has 0 saturated carbocycles. The summed E-state index contributed by atoms with van der Waals surface area (Å²) >= 11 is 1.03. The standard InChI is InChI=1S/C35H41N5O7S.C2H6/c1-6-7-12-31-36-23(3)28(20-32(41)38-15-17-46-18-16-38)34(42)39(31)21-25-13-14-26(29(19-25)35(43)45-5)27-10-8-9-11-30(27)48-40(44)33-22(2)24(4)47-37-33;1-2/h8-11,13-14,19,44H,6-7,12,15-18,20-21H2,1-5H3;1-2H3. The number of carbonyl (C=O) groups excluding carboxylic acids is 2. The predicted molar refractivity (Wildman–Crippen MR) is 193 cm³/mol. The molecule has 0 spiro atoms. The molecule has 4 aromatic rings. The number of carbonyl (C=O) groups is 2. The lowest BCUT2D eigenvalue weighted by Crippen LogP contribution is -2.42. The zero-order valence-electron chi connectivity index (χ0n) is 29.9. The van der Waals surface area contributed by atoms with E-state index in [0.29, 0.717) is 88.3 Å². The van der Waals surface area contributed by atoms with Crippen LogP contribution < -0.4 is 10.0 Å². The van der Waals surface area contributed by atoms with Crippen molar-refractivity contribution >= 4 is 29.6 Å². The first-order valence-corrected chi connectivity index (χ1v) is 17.7. The van der Waals surface area contributed by atoms with Crippen LogP contribution in [-0.2, 0) is 33.7 Å². The van der Waals surface area contributed by atoms with Crippen LogP contribution in [0, 0.1) is 20.8 Å². The molecule has 0 bridgehead atoms. The summed E-state index contributed by atoms with van der Waals surface area (Å²) in [5.74, 6) is 0.829. The molecule has 13 heteroatoms. The van der Waals surface area contributed by atoms with Crippen LogP contribution in [0.1, 0.15) is 77.9 Å². The fourth-order valence-corrected chi connectivity index (χ4v) is 6.46. The van der Waals surface area contributed by atoms with Gasteiger partial charge in [-0.15, -0.1) is 0 Å². The summed E-state index contributed by atoms with van der Waals surface area (Å²) in [5, 5.41) is 14.8. The monoisotopic (exact) mass is 705 g/mol. The summed E-state index contributed by atoms with van der Waals surface area (Å²) in [4.78, 5) is 47.6. The Labute approximate surface area is 297 Å². The molecule has 3 heterocycles. The first kappa shape index (κ1) is 38.3. The van der Waals surface area contributed by atoms with Crippen LogP contribution in [0.15, 0.2) is 56.7 Å². The minimum absolute atomic E-state index is 0.0399. The number of hydrogen-bond donors (Lipinski definition) is 1. The number of rotatable bonds is 12. The molecule has 0 unspecified atom stereocenters. The Morgan fingerprint density at radius 3 is 2.44 bits per heavy atom. The third kappa shape index (κ3) is 8.82. The minimum Gasteiger partial charge on any atom is -0.465 e. The SMILES string of the molecule is CC.CCCCc1nc(C)c(CC(=O)N2CCOCC2)c(=O)n1Cc1ccc(-c2ccccc2SN(O)c2noc(C)c2C)c(C(=O)OC)c1. The van der Waals surface area contributed by atoms with Crippen LogP contribution in [0.2, 0.25) is 0 Å². The third-order valence-corrected chi connectivity index (χ3v) is 9.40. The zero-order valence-corrected chi connectivity index (χ0v) is 30.8. The van der Waals surface area contributed by atoms with Gasteiger partial charge in [0.2, 0.25) is 11.7 Å².